The lowest BCUT2D eigenvalue weighted by molar-refractivity contribution is -0.134. The van der Waals surface area contributed by atoms with Crippen molar-refractivity contribution in [2.24, 2.45) is 0 Å². The third kappa shape index (κ3) is 4.41. The first kappa shape index (κ1) is 17.2. The van der Waals surface area contributed by atoms with Crippen LogP contribution in [0.1, 0.15) is 12.8 Å². The summed E-state index contributed by atoms with van der Waals surface area (Å²) < 4.78 is 32.7. The van der Waals surface area contributed by atoms with Gasteiger partial charge in [0.15, 0.2) is 6.61 Å². The molecule has 1 amide bonds. The highest BCUT2D eigenvalue weighted by Gasteiger charge is 2.26. The van der Waals surface area contributed by atoms with Crippen molar-refractivity contribution in [1.29, 1.82) is 0 Å². The number of hydrogen-bond acceptors (Lipinski definition) is 3. The second-order valence-electron chi connectivity index (χ2n) is 4.95. The van der Waals surface area contributed by atoms with Gasteiger partial charge in [-0.1, -0.05) is 11.6 Å². The van der Waals surface area contributed by atoms with E-state index in [0.29, 0.717) is 31.7 Å². The van der Waals surface area contributed by atoms with Gasteiger partial charge in [-0.05, 0) is 32.0 Å². The Bertz CT molecular complexity index is 565. The number of hydrogen-bond donors (Lipinski definition) is 1. The maximum Gasteiger partial charge on any atom is 0.260 e. The Morgan fingerprint density at radius 2 is 2.18 bits per heavy atom. The molecule has 0 radical (unpaired) electrons. The predicted octanol–water partition coefficient (Wildman–Crippen LogP) is 1.73. The number of ether oxygens (including phenoxy) is 1. The Morgan fingerprint density at radius 3 is 2.77 bits per heavy atom. The fraction of sp³-hybridized carbons (Fsp3) is 0.500. The average Bonchev–Trinajstić information content (AvgIpc) is 2.55. The summed E-state index contributed by atoms with van der Waals surface area (Å²) in [4.78, 5) is 13.8. The van der Waals surface area contributed by atoms with E-state index in [1.54, 1.807) is 11.9 Å². The van der Waals surface area contributed by atoms with E-state index >= 15 is 0 Å². The highest BCUT2D eigenvalue weighted by Crippen LogP contribution is 2.21. The van der Waals surface area contributed by atoms with Gasteiger partial charge < -0.3 is 9.64 Å². The van der Waals surface area contributed by atoms with E-state index in [2.05, 4.69) is 4.72 Å². The van der Waals surface area contributed by atoms with E-state index in [1.165, 1.54) is 18.2 Å². The van der Waals surface area contributed by atoms with Crippen LogP contribution in [-0.2, 0) is 15.8 Å². The summed E-state index contributed by atoms with van der Waals surface area (Å²) in [7, 11) is 0.613. The molecular formula is C14H18ClFN2O3S. The lowest BCUT2D eigenvalue weighted by atomic mass is 10.1. The number of likely N-dealkylation sites (tertiary alicyclic amines) is 1. The average molecular weight is 349 g/mol. The third-order valence-electron chi connectivity index (χ3n) is 3.55. The van der Waals surface area contributed by atoms with Crippen LogP contribution in [0.5, 0.6) is 5.75 Å². The first-order chi connectivity index (χ1) is 10.5. The van der Waals surface area contributed by atoms with Crippen LogP contribution in [0.4, 0.5) is 4.39 Å². The zero-order valence-corrected chi connectivity index (χ0v) is 13.8. The predicted molar refractivity (Wildman–Crippen MR) is 83.7 cm³/mol. The lowest BCUT2D eigenvalue weighted by Gasteiger charge is -2.31. The maximum absolute atomic E-state index is 13.0. The van der Waals surface area contributed by atoms with Gasteiger partial charge in [-0.3, -0.25) is 4.79 Å². The fourth-order valence-corrected chi connectivity index (χ4v) is 3.43. The molecule has 0 aliphatic carbocycles. The van der Waals surface area contributed by atoms with E-state index in [4.69, 9.17) is 16.3 Å². The molecule has 122 valence electrons. The van der Waals surface area contributed by atoms with Crippen molar-refractivity contribution in [3.8, 4) is 5.75 Å². The van der Waals surface area contributed by atoms with Gasteiger partial charge in [0.2, 0.25) is 0 Å². The Hall–Kier alpha value is -1.18. The van der Waals surface area contributed by atoms with E-state index < -0.39 is 16.8 Å². The van der Waals surface area contributed by atoms with Crippen molar-refractivity contribution in [3.63, 3.8) is 0 Å². The minimum absolute atomic E-state index is 0.0414. The smallest absolute Gasteiger partial charge is 0.260 e. The molecule has 22 heavy (non-hydrogen) atoms. The SMILES string of the molecule is CNS(=O)C1CCN(C(=O)COc2ccc(F)c(Cl)c2)CC1. The zero-order valence-electron chi connectivity index (χ0n) is 12.2. The standard InChI is InChI=1S/C14H18ClFN2O3S/c1-17-22(20)11-4-6-18(7-5-11)14(19)9-21-10-2-3-13(16)12(15)8-10/h2-3,8,11,17H,4-7,9H2,1H3. The summed E-state index contributed by atoms with van der Waals surface area (Å²) in [5.41, 5.74) is 0. The lowest BCUT2D eigenvalue weighted by Crippen LogP contribution is -2.44. The van der Waals surface area contributed by atoms with Gasteiger partial charge >= 0.3 is 0 Å². The number of nitrogens with zero attached hydrogens (tertiary/aromatic N) is 1. The summed E-state index contributed by atoms with van der Waals surface area (Å²) in [5.74, 6) is -0.319. The van der Waals surface area contributed by atoms with Crippen LogP contribution in [0.2, 0.25) is 5.02 Å². The molecule has 5 nitrogen and oxygen atoms in total. The Kier molecular flexibility index (Phi) is 6.16. The van der Waals surface area contributed by atoms with E-state index in [9.17, 15) is 13.4 Å². The molecule has 0 bridgehead atoms. The molecule has 8 heteroatoms. The minimum atomic E-state index is -1.05. The number of piperidine rings is 1. The summed E-state index contributed by atoms with van der Waals surface area (Å²) in [5, 5.41) is 0.0335. The minimum Gasteiger partial charge on any atom is -0.484 e. The van der Waals surface area contributed by atoms with Crippen LogP contribution < -0.4 is 9.46 Å². The highest BCUT2D eigenvalue weighted by atomic mass is 35.5. The van der Waals surface area contributed by atoms with E-state index in [1.807, 2.05) is 0 Å². The van der Waals surface area contributed by atoms with Crippen LogP contribution in [0.15, 0.2) is 18.2 Å². The molecule has 1 saturated heterocycles. The second-order valence-corrected chi connectivity index (χ2v) is 7.02. The van der Waals surface area contributed by atoms with Crippen LogP contribution in [0.25, 0.3) is 0 Å². The molecule has 1 aromatic rings. The number of rotatable bonds is 5. The number of amides is 1. The van der Waals surface area contributed by atoms with Gasteiger partial charge in [0.05, 0.1) is 21.3 Å². The van der Waals surface area contributed by atoms with Gasteiger partial charge in [-0.25, -0.2) is 13.3 Å². The molecule has 0 saturated carbocycles. The summed E-state index contributed by atoms with van der Waals surface area (Å²) >= 11 is 5.65. The van der Waals surface area contributed by atoms with Gasteiger partial charge in [-0.2, -0.15) is 0 Å². The molecule has 1 aliphatic rings. The molecule has 1 N–H and O–H groups in total. The van der Waals surface area contributed by atoms with E-state index in [0.717, 1.165) is 0 Å². The third-order valence-corrected chi connectivity index (χ3v) is 5.32. The molecule has 1 aromatic carbocycles. The molecule has 1 atom stereocenters. The highest BCUT2D eigenvalue weighted by molar-refractivity contribution is 7.83. The van der Waals surface area contributed by atoms with Crippen molar-refractivity contribution in [2.75, 3.05) is 26.7 Å². The van der Waals surface area contributed by atoms with Crippen molar-refractivity contribution in [2.45, 2.75) is 18.1 Å². The quantitative estimate of drug-likeness (QED) is 0.881. The van der Waals surface area contributed by atoms with E-state index in [-0.39, 0.29) is 22.8 Å². The maximum atomic E-state index is 13.0. The van der Waals surface area contributed by atoms with Crippen LogP contribution in [0, 0.1) is 5.82 Å². The molecule has 1 heterocycles. The number of nitrogens with one attached hydrogen (secondary N) is 1. The van der Waals surface area contributed by atoms with Crippen molar-refractivity contribution < 1.29 is 18.1 Å². The van der Waals surface area contributed by atoms with Crippen LogP contribution in [-0.4, -0.2) is 47.0 Å². The van der Waals surface area contributed by atoms with Gasteiger partial charge in [0.25, 0.3) is 5.91 Å². The second kappa shape index (κ2) is 7.89. The number of benzene rings is 1. The molecular weight excluding hydrogens is 331 g/mol. The normalized spacial score (nSPS) is 17.3. The Morgan fingerprint density at radius 1 is 1.50 bits per heavy atom. The van der Waals surface area contributed by atoms with Gasteiger partial charge in [0, 0.05) is 19.2 Å². The van der Waals surface area contributed by atoms with Crippen LogP contribution in [0.3, 0.4) is 0 Å². The van der Waals surface area contributed by atoms with Gasteiger partial charge in [0.1, 0.15) is 11.6 Å². The van der Waals surface area contributed by atoms with Crippen molar-refractivity contribution in [3.05, 3.63) is 29.0 Å². The number of carbonyl (C=O) groups is 1. The molecule has 1 unspecified atom stereocenters. The summed E-state index contributed by atoms with van der Waals surface area (Å²) in [6, 6.07) is 3.96. The largest absolute Gasteiger partial charge is 0.484 e. The Balaban J connectivity index is 1.81. The molecule has 0 aromatic heterocycles. The number of halogens is 2. The van der Waals surface area contributed by atoms with Crippen molar-refractivity contribution >= 4 is 28.5 Å². The number of carbonyl (C=O) groups excluding carboxylic acids is 1. The first-order valence-electron chi connectivity index (χ1n) is 6.95. The zero-order chi connectivity index (χ0) is 16.1. The summed E-state index contributed by atoms with van der Waals surface area (Å²) in [6.45, 7) is 0.997. The topological polar surface area (TPSA) is 58.6 Å². The summed E-state index contributed by atoms with van der Waals surface area (Å²) in [6.07, 6.45) is 1.39. The molecule has 2 rings (SSSR count). The van der Waals surface area contributed by atoms with Gasteiger partial charge in [-0.15, -0.1) is 0 Å². The molecule has 1 fully saturated rings. The van der Waals surface area contributed by atoms with Crippen molar-refractivity contribution in [1.82, 2.24) is 9.62 Å². The first-order valence-corrected chi connectivity index (χ1v) is 8.54. The molecule has 1 aliphatic heterocycles. The monoisotopic (exact) mass is 348 g/mol. The van der Waals surface area contributed by atoms with Crippen LogP contribution >= 0.6 is 11.6 Å². The fourth-order valence-electron chi connectivity index (χ4n) is 2.29. The molecule has 0 spiro atoms. The Labute approximate surface area is 136 Å².